The lowest BCUT2D eigenvalue weighted by Gasteiger charge is -2.34. The second-order valence-corrected chi connectivity index (χ2v) is 9.14. The third kappa shape index (κ3) is 5.13. The number of fused-ring (bicyclic) bond motifs is 1. The highest BCUT2D eigenvalue weighted by Crippen LogP contribution is 2.23. The van der Waals surface area contributed by atoms with Crippen LogP contribution in [-0.4, -0.2) is 63.3 Å². The summed E-state index contributed by atoms with van der Waals surface area (Å²) in [6.07, 6.45) is 5.32. The Kier molecular flexibility index (Phi) is 6.48. The molecule has 0 spiro atoms. The van der Waals surface area contributed by atoms with E-state index in [-0.39, 0.29) is 17.6 Å². The van der Waals surface area contributed by atoms with E-state index >= 15 is 0 Å². The third-order valence-electron chi connectivity index (χ3n) is 6.96. The first kappa shape index (κ1) is 21.8. The molecule has 2 fully saturated rings. The monoisotopic (exact) mass is 451 g/mol. The molecule has 2 saturated heterocycles. The van der Waals surface area contributed by atoms with Crippen molar-refractivity contribution in [3.05, 3.63) is 54.1 Å². The zero-order valence-corrected chi connectivity index (χ0v) is 18.7. The fraction of sp³-hybridized carbons (Fsp3) is 0.500. The summed E-state index contributed by atoms with van der Waals surface area (Å²) in [5, 5.41) is 15.6. The van der Waals surface area contributed by atoms with Gasteiger partial charge in [0, 0.05) is 37.7 Å². The van der Waals surface area contributed by atoms with Gasteiger partial charge in [-0.05, 0) is 62.9 Å². The van der Waals surface area contributed by atoms with Gasteiger partial charge in [0.25, 0.3) is 0 Å². The Labute approximate surface area is 192 Å². The standard InChI is InChI=1S/C24H30FN7O/c25-21-4-2-1-3-20(21)16-30-11-7-18(8-12-30)15-26-24(33)19-9-13-31(14-10-19)23-6-5-22-28-27-17-32(22)29-23/h1-6,17-19H,7-16H2,(H,26,33). The van der Waals surface area contributed by atoms with Crippen molar-refractivity contribution in [3.63, 3.8) is 0 Å². The van der Waals surface area contributed by atoms with Gasteiger partial charge in [-0.2, -0.15) is 4.52 Å². The van der Waals surface area contributed by atoms with Crippen molar-refractivity contribution in [3.8, 4) is 0 Å². The van der Waals surface area contributed by atoms with E-state index < -0.39 is 0 Å². The van der Waals surface area contributed by atoms with E-state index in [4.69, 9.17) is 0 Å². The average Bonchev–Trinajstić information content (AvgIpc) is 3.33. The van der Waals surface area contributed by atoms with Crippen LogP contribution in [0.3, 0.4) is 0 Å². The lowest BCUT2D eigenvalue weighted by atomic mass is 9.94. The molecule has 2 aliphatic heterocycles. The number of nitrogens with one attached hydrogen (secondary N) is 1. The van der Waals surface area contributed by atoms with Crippen LogP contribution in [0.5, 0.6) is 0 Å². The Hall–Kier alpha value is -3.07. The first-order valence-corrected chi connectivity index (χ1v) is 11.8. The number of piperidine rings is 2. The van der Waals surface area contributed by atoms with Gasteiger partial charge in [-0.1, -0.05) is 18.2 Å². The van der Waals surface area contributed by atoms with Crippen LogP contribution in [0.1, 0.15) is 31.2 Å². The van der Waals surface area contributed by atoms with Crippen LogP contribution >= 0.6 is 0 Å². The van der Waals surface area contributed by atoms with Crippen molar-refractivity contribution >= 4 is 17.4 Å². The third-order valence-corrected chi connectivity index (χ3v) is 6.96. The van der Waals surface area contributed by atoms with Gasteiger partial charge in [0.05, 0.1) is 0 Å². The molecule has 1 aromatic carbocycles. The molecule has 0 radical (unpaired) electrons. The highest BCUT2D eigenvalue weighted by atomic mass is 19.1. The van der Waals surface area contributed by atoms with Gasteiger partial charge in [-0.3, -0.25) is 9.69 Å². The van der Waals surface area contributed by atoms with E-state index in [0.29, 0.717) is 12.5 Å². The van der Waals surface area contributed by atoms with Crippen LogP contribution in [0.2, 0.25) is 0 Å². The van der Waals surface area contributed by atoms with Gasteiger partial charge < -0.3 is 10.2 Å². The molecular weight excluding hydrogens is 421 g/mol. The van der Waals surface area contributed by atoms with Crippen molar-refractivity contribution < 1.29 is 9.18 Å². The fourth-order valence-corrected chi connectivity index (χ4v) is 4.86. The minimum absolute atomic E-state index is 0.0565. The Morgan fingerprint density at radius 3 is 2.61 bits per heavy atom. The first-order chi connectivity index (χ1) is 16.2. The van der Waals surface area contributed by atoms with Gasteiger partial charge in [0.1, 0.15) is 18.0 Å². The molecule has 1 N–H and O–H groups in total. The van der Waals surface area contributed by atoms with Gasteiger partial charge in [-0.25, -0.2) is 4.39 Å². The van der Waals surface area contributed by atoms with E-state index in [1.165, 1.54) is 6.07 Å². The summed E-state index contributed by atoms with van der Waals surface area (Å²) in [5.74, 6) is 1.48. The summed E-state index contributed by atoms with van der Waals surface area (Å²) in [6, 6.07) is 10.9. The molecular formula is C24H30FN7O. The van der Waals surface area contributed by atoms with E-state index in [9.17, 15) is 9.18 Å². The van der Waals surface area contributed by atoms with E-state index in [1.54, 1.807) is 16.9 Å². The quantitative estimate of drug-likeness (QED) is 0.621. The van der Waals surface area contributed by atoms with Gasteiger partial charge in [0.2, 0.25) is 5.91 Å². The molecule has 174 valence electrons. The molecule has 33 heavy (non-hydrogen) atoms. The molecule has 5 rings (SSSR count). The lowest BCUT2D eigenvalue weighted by molar-refractivity contribution is -0.125. The molecule has 0 atom stereocenters. The molecule has 0 bridgehead atoms. The number of anilines is 1. The maximum absolute atomic E-state index is 13.9. The Bertz CT molecular complexity index is 1090. The van der Waals surface area contributed by atoms with Crippen molar-refractivity contribution in [2.75, 3.05) is 37.6 Å². The van der Waals surface area contributed by atoms with Crippen LogP contribution in [0.4, 0.5) is 10.2 Å². The number of hydrogen-bond donors (Lipinski definition) is 1. The van der Waals surface area contributed by atoms with Crippen LogP contribution < -0.4 is 10.2 Å². The minimum Gasteiger partial charge on any atom is -0.356 e. The van der Waals surface area contributed by atoms with Crippen molar-refractivity contribution in [2.24, 2.45) is 11.8 Å². The number of nitrogens with zero attached hydrogens (tertiary/aromatic N) is 6. The summed E-state index contributed by atoms with van der Waals surface area (Å²) in [6.45, 7) is 4.90. The summed E-state index contributed by atoms with van der Waals surface area (Å²) in [4.78, 5) is 17.3. The van der Waals surface area contributed by atoms with Crippen LogP contribution in [0.15, 0.2) is 42.7 Å². The first-order valence-electron chi connectivity index (χ1n) is 11.8. The smallest absolute Gasteiger partial charge is 0.223 e. The Balaban J connectivity index is 1.03. The van der Waals surface area contributed by atoms with Gasteiger partial charge >= 0.3 is 0 Å². The summed E-state index contributed by atoms with van der Waals surface area (Å²) in [5.41, 5.74) is 1.48. The Morgan fingerprint density at radius 1 is 1.03 bits per heavy atom. The second-order valence-electron chi connectivity index (χ2n) is 9.14. The molecule has 3 aromatic rings. The number of benzene rings is 1. The second kappa shape index (κ2) is 9.82. The van der Waals surface area contributed by atoms with Crippen molar-refractivity contribution in [1.82, 2.24) is 30.0 Å². The number of aromatic nitrogens is 4. The number of rotatable bonds is 6. The topological polar surface area (TPSA) is 78.7 Å². The summed E-state index contributed by atoms with van der Waals surface area (Å²) < 4.78 is 15.6. The molecule has 0 saturated carbocycles. The van der Waals surface area contributed by atoms with Crippen LogP contribution in [0.25, 0.3) is 5.65 Å². The summed E-state index contributed by atoms with van der Waals surface area (Å²) in [7, 11) is 0. The normalized spacial score (nSPS) is 18.6. The largest absolute Gasteiger partial charge is 0.356 e. The molecule has 9 heteroatoms. The Morgan fingerprint density at radius 2 is 1.82 bits per heavy atom. The maximum Gasteiger partial charge on any atom is 0.223 e. The molecule has 0 unspecified atom stereocenters. The molecule has 8 nitrogen and oxygen atoms in total. The number of likely N-dealkylation sites (tertiary alicyclic amines) is 1. The molecule has 0 aliphatic carbocycles. The van der Waals surface area contributed by atoms with Crippen molar-refractivity contribution in [1.29, 1.82) is 0 Å². The highest BCUT2D eigenvalue weighted by molar-refractivity contribution is 5.79. The van der Waals surface area contributed by atoms with E-state index in [0.717, 1.165) is 75.4 Å². The number of carbonyl (C=O) groups excluding carboxylic acids is 1. The van der Waals surface area contributed by atoms with E-state index in [1.807, 2.05) is 24.3 Å². The number of carbonyl (C=O) groups is 1. The molecule has 2 aromatic heterocycles. The predicted molar refractivity (Wildman–Crippen MR) is 123 cm³/mol. The number of hydrogen-bond acceptors (Lipinski definition) is 6. The van der Waals surface area contributed by atoms with Crippen LogP contribution in [0, 0.1) is 17.7 Å². The zero-order chi connectivity index (χ0) is 22.6. The molecule has 2 aliphatic rings. The van der Waals surface area contributed by atoms with Gasteiger partial charge in [-0.15, -0.1) is 15.3 Å². The zero-order valence-electron chi connectivity index (χ0n) is 18.7. The SMILES string of the molecule is O=C(NCC1CCN(Cc2ccccc2F)CC1)C1CCN(c2ccc3nncn3n2)CC1. The summed E-state index contributed by atoms with van der Waals surface area (Å²) >= 11 is 0. The lowest BCUT2D eigenvalue weighted by Crippen LogP contribution is -2.43. The number of halogens is 1. The van der Waals surface area contributed by atoms with Crippen molar-refractivity contribution in [2.45, 2.75) is 32.2 Å². The fourth-order valence-electron chi connectivity index (χ4n) is 4.86. The highest BCUT2D eigenvalue weighted by Gasteiger charge is 2.27. The number of amides is 1. The predicted octanol–water partition coefficient (Wildman–Crippen LogP) is 2.51. The van der Waals surface area contributed by atoms with Gasteiger partial charge in [0.15, 0.2) is 5.65 Å². The van der Waals surface area contributed by atoms with E-state index in [2.05, 4.69) is 30.4 Å². The maximum atomic E-state index is 13.9. The molecule has 1 amide bonds. The molecule has 4 heterocycles. The average molecular weight is 452 g/mol. The minimum atomic E-state index is -0.131. The van der Waals surface area contributed by atoms with Crippen LogP contribution in [-0.2, 0) is 11.3 Å².